The van der Waals surface area contributed by atoms with Crippen LogP contribution in [0.15, 0.2) is 42.5 Å². The van der Waals surface area contributed by atoms with Crippen LogP contribution in [0.25, 0.3) is 0 Å². The van der Waals surface area contributed by atoms with E-state index in [1.807, 2.05) is 19.2 Å². The number of methoxy groups -OCH3 is 4. The molecule has 0 radical (unpaired) electrons. The van der Waals surface area contributed by atoms with Gasteiger partial charge in [-0.2, -0.15) is 0 Å². The summed E-state index contributed by atoms with van der Waals surface area (Å²) in [5.41, 5.74) is -4.94. The van der Waals surface area contributed by atoms with Gasteiger partial charge in [0.2, 0.25) is 0 Å². The summed E-state index contributed by atoms with van der Waals surface area (Å²) in [7, 11) is 8.35. The first-order valence-corrected chi connectivity index (χ1v) is 24.0. The number of hydrogen-bond acceptors (Lipinski definition) is 12. The standard InChI is InChI=1S/C50H77NO11/c1-7-8-9-10-11-12-13-14-15-16-17-18-19-20-21-25-28-37(53)62-50-38-34(30-48(56,45(60-6)43(50)54)44(38)61-46(55)33-26-23-22-24-27-33)49-36(58-4)29-35(52)47(32-57-3)31-51(2)42(49)39(50)40(59-5)41(47)49/h22-28,34-36,38-45,52,54,56H,7-21,29-32H2,1-6H3/b28-25+/t34-,35-,36+,38-,39+,40+,41-,42?,43+,44-,45+,47+,48-,49+,50-/m1/s1. The van der Waals surface area contributed by atoms with E-state index in [1.165, 1.54) is 83.8 Å². The van der Waals surface area contributed by atoms with Crippen LogP contribution in [0.4, 0.5) is 0 Å². The molecular formula is C50H77NO11. The quantitative estimate of drug-likeness (QED) is 0.0579. The second-order valence-corrected chi connectivity index (χ2v) is 19.9. The summed E-state index contributed by atoms with van der Waals surface area (Å²) in [6.45, 7) is 2.96. The highest BCUT2D eigenvalue weighted by Gasteiger charge is 2.92. The number of benzene rings is 1. The molecule has 7 rings (SSSR count). The van der Waals surface area contributed by atoms with Gasteiger partial charge in [0.05, 0.1) is 30.5 Å². The molecule has 1 heterocycles. The monoisotopic (exact) mass is 868 g/mol. The van der Waals surface area contributed by atoms with Gasteiger partial charge in [0.25, 0.3) is 0 Å². The Morgan fingerprint density at radius 3 is 2.03 bits per heavy atom. The van der Waals surface area contributed by atoms with E-state index in [9.17, 15) is 24.9 Å². The molecule has 1 saturated heterocycles. The van der Waals surface area contributed by atoms with Gasteiger partial charge in [-0.15, -0.1) is 0 Å². The van der Waals surface area contributed by atoms with E-state index in [1.54, 1.807) is 45.6 Å². The van der Waals surface area contributed by atoms with Gasteiger partial charge in [-0.1, -0.05) is 115 Å². The Bertz CT molecular complexity index is 1680. The van der Waals surface area contributed by atoms with Crippen LogP contribution in [0.2, 0.25) is 0 Å². The number of carbonyl (C=O) groups excluding carboxylic acids is 2. The van der Waals surface area contributed by atoms with Crippen LogP contribution in [0.1, 0.15) is 126 Å². The first kappa shape index (κ1) is 47.5. The first-order chi connectivity index (χ1) is 30.0. The molecule has 0 amide bonds. The summed E-state index contributed by atoms with van der Waals surface area (Å²) in [5.74, 6) is -3.79. The minimum atomic E-state index is -1.86. The van der Waals surface area contributed by atoms with E-state index in [0.29, 0.717) is 24.9 Å². The van der Waals surface area contributed by atoms with Crippen LogP contribution in [0.3, 0.4) is 0 Å². The lowest BCUT2D eigenvalue weighted by Crippen LogP contribution is -2.81. The van der Waals surface area contributed by atoms with Crippen molar-refractivity contribution in [2.24, 2.45) is 34.5 Å². The average molecular weight is 868 g/mol. The molecule has 7 bridgehead atoms. The highest BCUT2D eigenvalue weighted by Crippen LogP contribution is 2.80. The summed E-state index contributed by atoms with van der Waals surface area (Å²) in [6, 6.07) is 8.23. The predicted octanol–water partition coefficient (Wildman–Crippen LogP) is 6.67. The number of allylic oxidation sites excluding steroid dienone is 1. The number of ether oxygens (including phenoxy) is 6. The van der Waals surface area contributed by atoms with Gasteiger partial charge < -0.3 is 48.6 Å². The summed E-state index contributed by atoms with van der Waals surface area (Å²) in [6.07, 6.45) is 16.1. The highest BCUT2D eigenvalue weighted by molar-refractivity contribution is 5.89. The molecule has 12 nitrogen and oxygen atoms in total. The molecule has 5 aliphatic carbocycles. The summed E-state index contributed by atoms with van der Waals surface area (Å²) >= 11 is 0. The molecule has 3 N–H and O–H groups in total. The molecule has 5 saturated carbocycles. The zero-order chi connectivity index (χ0) is 44.3. The lowest BCUT2D eigenvalue weighted by atomic mass is 9.42. The molecule has 1 unspecified atom stereocenters. The number of carbonyl (C=O) groups is 2. The summed E-state index contributed by atoms with van der Waals surface area (Å²) in [4.78, 5) is 30.7. The largest absolute Gasteiger partial charge is 0.455 e. The number of nitrogens with zero attached hydrogens (tertiary/aromatic N) is 1. The molecule has 1 aromatic rings. The van der Waals surface area contributed by atoms with E-state index in [0.717, 1.165) is 19.3 Å². The molecular weight excluding hydrogens is 791 g/mol. The molecule has 6 fully saturated rings. The Morgan fingerprint density at radius 2 is 1.45 bits per heavy atom. The van der Waals surface area contributed by atoms with Gasteiger partial charge in [-0.25, -0.2) is 9.59 Å². The maximum Gasteiger partial charge on any atom is 0.338 e. The van der Waals surface area contributed by atoms with Gasteiger partial charge in [0, 0.05) is 82.1 Å². The van der Waals surface area contributed by atoms with Crippen LogP contribution < -0.4 is 0 Å². The van der Waals surface area contributed by atoms with Crippen LogP contribution in [0.5, 0.6) is 0 Å². The van der Waals surface area contributed by atoms with Crippen molar-refractivity contribution in [3.8, 4) is 0 Å². The maximum atomic E-state index is 14.4. The molecule has 62 heavy (non-hydrogen) atoms. The third kappa shape index (κ3) is 7.71. The minimum absolute atomic E-state index is 0.0667. The molecule has 0 aromatic heterocycles. The molecule has 1 spiro atoms. The third-order valence-corrected chi connectivity index (χ3v) is 16.8. The van der Waals surface area contributed by atoms with Crippen LogP contribution in [-0.4, -0.2) is 135 Å². The van der Waals surface area contributed by atoms with E-state index >= 15 is 0 Å². The lowest BCUT2D eigenvalue weighted by molar-refractivity contribution is -0.320. The molecule has 6 aliphatic rings. The number of hydrogen-bond donors (Lipinski definition) is 3. The Kier molecular flexibility index (Phi) is 15.3. The fourth-order valence-corrected chi connectivity index (χ4v) is 14.8. The van der Waals surface area contributed by atoms with E-state index in [4.69, 9.17) is 28.4 Å². The van der Waals surface area contributed by atoms with Crippen LogP contribution >= 0.6 is 0 Å². The van der Waals surface area contributed by atoms with E-state index in [2.05, 4.69) is 11.8 Å². The SMILES string of the molecule is CCCCCCCCCCCCCCCC/C=C/C(=O)O[C@]12[C@H]3[C@@H](OC(=O)c4ccccc4)[C@](O)(C[C@H]3[C@@]34C5[C@@H]1[C@H](OC)[C@@H]3[C@](COC)(CN5C)[C@H](O)C[C@@H]4OC)[C@@H](OC)[C@@H]2O. The number of aliphatic hydroxyl groups is 3. The Balaban J connectivity index is 1.16. The van der Waals surface area contributed by atoms with Crippen molar-refractivity contribution in [1.29, 1.82) is 0 Å². The number of unbranched alkanes of at least 4 members (excludes halogenated alkanes) is 14. The second kappa shape index (κ2) is 20.0. The number of piperidine rings is 1. The fourth-order valence-electron chi connectivity index (χ4n) is 14.8. The van der Waals surface area contributed by atoms with Gasteiger partial charge in [-0.3, -0.25) is 0 Å². The highest BCUT2D eigenvalue weighted by atomic mass is 16.6. The molecule has 15 atom stereocenters. The maximum absolute atomic E-state index is 14.4. The molecule has 1 aliphatic heterocycles. The number of rotatable bonds is 24. The first-order valence-electron chi connectivity index (χ1n) is 24.0. The molecule has 12 heteroatoms. The number of esters is 2. The van der Waals surface area contributed by atoms with E-state index in [-0.39, 0.29) is 19.1 Å². The van der Waals surface area contributed by atoms with Gasteiger partial charge in [0.15, 0.2) is 5.60 Å². The normalized spacial score (nSPS) is 40.2. The smallest absolute Gasteiger partial charge is 0.338 e. The fraction of sp³-hybridized carbons (Fsp3) is 0.800. The second-order valence-electron chi connectivity index (χ2n) is 19.9. The van der Waals surface area contributed by atoms with Gasteiger partial charge in [-0.05, 0) is 44.4 Å². The third-order valence-electron chi connectivity index (χ3n) is 16.8. The van der Waals surface area contributed by atoms with Crippen molar-refractivity contribution in [1.82, 2.24) is 4.90 Å². The zero-order valence-electron chi connectivity index (χ0n) is 38.4. The minimum Gasteiger partial charge on any atom is -0.455 e. The molecule has 348 valence electrons. The number of aliphatic hydroxyl groups excluding tert-OH is 2. The van der Waals surface area contributed by atoms with Crippen molar-refractivity contribution in [3.05, 3.63) is 48.0 Å². The van der Waals surface area contributed by atoms with E-state index < -0.39 is 94.3 Å². The van der Waals surface area contributed by atoms with Crippen molar-refractivity contribution in [2.75, 3.05) is 48.6 Å². The number of likely N-dealkylation sites (tertiary alicyclic amines) is 1. The summed E-state index contributed by atoms with van der Waals surface area (Å²) in [5, 5.41) is 38.1. The summed E-state index contributed by atoms with van der Waals surface area (Å²) < 4.78 is 38.4. The van der Waals surface area contributed by atoms with Gasteiger partial charge >= 0.3 is 11.9 Å². The van der Waals surface area contributed by atoms with Crippen molar-refractivity contribution in [2.45, 2.75) is 170 Å². The van der Waals surface area contributed by atoms with Crippen molar-refractivity contribution < 1.29 is 53.3 Å². The van der Waals surface area contributed by atoms with Gasteiger partial charge in [0.1, 0.15) is 23.9 Å². The van der Waals surface area contributed by atoms with Crippen molar-refractivity contribution in [3.63, 3.8) is 0 Å². The average Bonchev–Trinajstić information content (AvgIpc) is 3.66. The van der Waals surface area contributed by atoms with Crippen LogP contribution in [-0.2, 0) is 33.2 Å². The lowest BCUT2D eigenvalue weighted by Gasteiger charge is -2.70. The van der Waals surface area contributed by atoms with Crippen molar-refractivity contribution >= 4 is 11.9 Å². The Morgan fingerprint density at radius 1 is 0.823 bits per heavy atom. The van der Waals surface area contributed by atoms with Crippen LogP contribution in [0, 0.1) is 34.5 Å². The topological polar surface area (TPSA) is 153 Å². The Labute approximate surface area is 370 Å². The zero-order valence-corrected chi connectivity index (χ0v) is 38.4. The Hall–Kier alpha value is -2.42. The molecule has 1 aromatic carbocycles. The predicted molar refractivity (Wildman–Crippen MR) is 234 cm³/mol. The number of fused-ring (bicyclic) bond motifs is 2.